The van der Waals surface area contributed by atoms with Crippen molar-refractivity contribution in [3.63, 3.8) is 0 Å². The lowest BCUT2D eigenvalue weighted by Gasteiger charge is -2.20. The molecule has 0 atom stereocenters. The van der Waals surface area contributed by atoms with Crippen LogP contribution in [0.15, 0.2) is 25.3 Å². The van der Waals surface area contributed by atoms with Crippen LogP contribution in [0.1, 0.15) is 11.1 Å². The van der Waals surface area contributed by atoms with E-state index in [1.807, 2.05) is 0 Å². The molecule has 11 N–H and O–H groups in total. The van der Waals surface area contributed by atoms with E-state index in [-0.39, 0.29) is 22.4 Å². The highest BCUT2D eigenvalue weighted by atomic mass is 16.4. The topological polar surface area (TPSA) is 214 Å². The summed E-state index contributed by atoms with van der Waals surface area (Å²) in [6, 6.07) is 2.59. The van der Waals surface area contributed by atoms with Gasteiger partial charge in [-0.2, -0.15) is 0 Å². The van der Waals surface area contributed by atoms with Crippen molar-refractivity contribution in [3.05, 3.63) is 36.4 Å². The fourth-order valence-corrected chi connectivity index (χ4v) is 3.28. The maximum atomic E-state index is 10.3. The number of aromatic hydroxyl groups is 10. The molecular formula is C22H19NO10. The Hall–Kier alpha value is -5.06. The molecule has 3 aromatic rings. The standard InChI is InChI=1S/C22H19NO10/c1-3-7-8(4-2)10(23-12-15(26)19(30)22(33)20(31)16(12)27)6-5-9(7)11-13(24)17(28)21(32)18(29)14(11)25/h3-6,23-33H,1-2H2. The van der Waals surface area contributed by atoms with Gasteiger partial charge in [0.1, 0.15) is 5.69 Å². The van der Waals surface area contributed by atoms with Gasteiger partial charge in [0.2, 0.25) is 34.5 Å². The van der Waals surface area contributed by atoms with Crippen molar-refractivity contribution < 1.29 is 51.1 Å². The van der Waals surface area contributed by atoms with Crippen LogP contribution in [-0.4, -0.2) is 51.1 Å². The number of benzene rings is 3. The molecular weight excluding hydrogens is 438 g/mol. The first kappa shape index (κ1) is 22.6. The summed E-state index contributed by atoms with van der Waals surface area (Å²) in [4.78, 5) is 0. The maximum absolute atomic E-state index is 10.3. The predicted molar refractivity (Wildman–Crippen MR) is 118 cm³/mol. The summed E-state index contributed by atoms with van der Waals surface area (Å²) in [5.74, 6) is -10.5. The normalized spacial score (nSPS) is 10.7. The highest BCUT2D eigenvalue weighted by Gasteiger charge is 2.27. The lowest BCUT2D eigenvalue weighted by atomic mass is 9.92. The molecule has 0 aliphatic heterocycles. The number of nitrogens with one attached hydrogen (secondary N) is 1. The maximum Gasteiger partial charge on any atom is 0.208 e. The molecule has 0 fully saturated rings. The summed E-state index contributed by atoms with van der Waals surface area (Å²) in [6.45, 7) is 7.29. The molecule has 11 heteroatoms. The molecule has 3 aromatic carbocycles. The van der Waals surface area contributed by atoms with Crippen LogP contribution < -0.4 is 5.32 Å². The zero-order chi connectivity index (χ0) is 24.8. The van der Waals surface area contributed by atoms with Gasteiger partial charge in [0.25, 0.3) is 0 Å². The third kappa shape index (κ3) is 3.24. The SMILES string of the molecule is C=Cc1c(Nc2c(O)c(O)c(O)c(O)c2O)ccc(-c2c(O)c(O)c(O)c(O)c2O)c1C=C. The monoisotopic (exact) mass is 457 g/mol. The summed E-state index contributed by atoms with van der Waals surface area (Å²) in [6.07, 6.45) is 2.55. The van der Waals surface area contributed by atoms with Crippen LogP contribution in [-0.2, 0) is 0 Å². The minimum Gasteiger partial charge on any atom is -0.504 e. The summed E-state index contributed by atoms with van der Waals surface area (Å²) in [5, 5.41) is 102. The molecule has 0 saturated heterocycles. The third-order valence-corrected chi connectivity index (χ3v) is 4.97. The van der Waals surface area contributed by atoms with Gasteiger partial charge in [-0.1, -0.05) is 31.4 Å². The van der Waals surface area contributed by atoms with Crippen molar-refractivity contribution in [1.29, 1.82) is 0 Å². The van der Waals surface area contributed by atoms with Gasteiger partial charge in [-0.25, -0.2) is 0 Å². The van der Waals surface area contributed by atoms with Gasteiger partial charge in [-0.05, 0) is 17.2 Å². The van der Waals surface area contributed by atoms with Gasteiger partial charge >= 0.3 is 0 Å². The van der Waals surface area contributed by atoms with Gasteiger partial charge in [0, 0.05) is 11.3 Å². The van der Waals surface area contributed by atoms with E-state index in [1.54, 1.807) is 0 Å². The van der Waals surface area contributed by atoms with Gasteiger partial charge in [0.05, 0.1) is 5.56 Å². The number of phenols is 10. The molecule has 0 radical (unpaired) electrons. The highest BCUT2D eigenvalue weighted by Crippen LogP contribution is 2.57. The number of phenolic OH excluding ortho intramolecular Hbond substituents is 10. The highest BCUT2D eigenvalue weighted by molar-refractivity contribution is 5.94. The van der Waals surface area contributed by atoms with E-state index in [2.05, 4.69) is 18.5 Å². The van der Waals surface area contributed by atoms with Gasteiger partial charge < -0.3 is 56.4 Å². The number of hydrogen-bond acceptors (Lipinski definition) is 11. The minimum absolute atomic E-state index is 0.0240. The summed E-state index contributed by atoms with van der Waals surface area (Å²) in [7, 11) is 0. The van der Waals surface area contributed by atoms with E-state index in [0.717, 1.165) is 0 Å². The fourth-order valence-electron chi connectivity index (χ4n) is 3.28. The molecule has 0 heterocycles. The molecule has 0 aromatic heterocycles. The van der Waals surface area contributed by atoms with E-state index in [0.29, 0.717) is 0 Å². The van der Waals surface area contributed by atoms with Gasteiger partial charge in [-0.15, -0.1) is 0 Å². The fraction of sp³-hybridized carbons (Fsp3) is 0. The Morgan fingerprint density at radius 3 is 1.33 bits per heavy atom. The Morgan fingerprint density at radius 2 is 0.909 bits per heavy atom. The second-order valence-corrected chi connectivity index (χ2v) is 6.76. The van der Waals surface area contributed by atoms with E-state index < -0.39 is 68.7 Å². The molecule has 0 aliphatic carbocycles. The molecule has 0 bridgehead atoms. The largest absolute Gasteiger partial charge is 0.504 e. The van der Waals surface area contributed by atoms with Crippen LogP contribution in [0.5, 0.6) is 57.5 Å². The van der Waals surface area contributed by atoms with Crippen LogP contribution in [0.2, 0.25) is 0 Å². The molecule has 0 aliphatic rings. The zero-order valence-corrected chi connectivity index (χ0v) is 16.7. The van der Waals surface area contributed by atoms with Crippen molar-refractivity contribution in [2.45, 2.75) is 0 Å². The third-order valence-electron chi connectivity index (χ3n) is 4.97. The molecule has 11 nitrogen and oxygen atoms in total. The number of hydrogen-bond donors (Lipinski definition) is 11. The van der Waals surface area contributed by atoms with Crippen LogP contribution in [0, 0.1) is 0 Å². The van der Waals surface area contributed by atoms with Crippen molar-refractivity contribution >= 4 is 23.5 Å². The van der Waals surface area contributed by atoms with Crippen molar-refractivity contribution in [2.75, 3.05) is 5.32 Å². The Labute approximate surface area is 185 Å². The average Bonchev–Trinajstić information content (AvgIpc) is 2.81. The first-order chi connectivity index (χ1) is 15.5. The smallest absolute Gasteiger partial charge is 0.208 e. The number of anilines is 2. The molecule has 0 amide bonds. The Balaban J connectivity index is 2.29. The first-order valence-electron chi connectivity index (χ1n) is 9.04. The van der Waals surface area contributed by atoms with Gasteiger partial charge in [0.15, 0.2) is 23.0 Å². The second kappa shape index (κ2) is 7.89. The average molecular weight is 457 g/mol. The minimum atomic E-state index is -1.14. The molecule has 33 heavy (non-hydrogen) atoms. The summed E-state index contributed by atoms with van der Waals surface area (Å²) < 4.78 is 0. The van der Waals surface area contributed by atoms with Crippen LogP contribution in [0.25, 0.3) is 23.3 Å². The Kier molecular flexibility index (Phi) is 5.41. The van der Waals surface area contributed by atoms with Gasteiger partial charge in [-0.3, -0.25) is 0 Å². The second-order valence-electron chi connectivity index (χ2n) is 6.76. The Morgan fingerprint density at radius 1 is 0.515 bits per heavy atom. The van der Waals surface area contributed by atoms with E-state index in [4.69, 9.17) is 0 Å². The first-order valence-corrected chi connectivity index (χ1v) is 9.04. The summed E-state index contributed by atoms with van der Waals surface area (Å²) >= 11 is 0. The molecule has 0 saturated carbocycles. The lowest BCUT2D eigenvalue weighted by molar-refractivity contribution is 0.330. The number of rotatable bonds is 5. The van der Waals surface area contributed by atoms with Crippen LogP contribution in [0.3, 0.4) is 0 Å². The van der Waals surface area contributed by atoms with E-state index in [1.165, 1.54) is 24.3 Å². The van der Waals surface area contributed by atoms with Crippen LogP contribution in [0.4, 0.5) is 11.4 Å². The molecule has 3 rings (SSSR count). The quantitative estimate of drug-likeness (QED) is 0.197. The van der Waals surface area contributed by atoms with E-state index >= 15 is 0 Å². The van der Waals surface area contributed by atoms with Crippen molar-refractivity contribution in [3.8, 4) is 68.6 Å². The molecule has 172 valence electrons. The lowest BCUT2D eigenvalue weighted by Crippen LogP contribution is -1.99. The molecule has 0 spiro atoms. The van der Waals surface area contributed by atoms with Crippen molar-refractivity contribution in [2.24, 2.45) is 0 Å². The Bertz CT molecular complexity index is 1270. The van der Waals surface area contributed by atoms with E-state index in [9.17, 15) is 51.1 Å². The van der Waals surface area contributed by atoms with Crippen LogP contribution >= 0.6 is 0 Å². The van der Waals surface area contributed by atoms with Crippen molar-refractivity contribution in [1.82, 2.24) is 0 Å². The zero-order valence-electron chi connectivity index (χ0n) is 16.7. The summed E-state index contributed by atoms with van der Waals surface area (Å²) in [5.41, 5.74) is -0.534. The molecule has 0 unspecified atom stereocenters. The predicted octanol–water partition coefficient (Wildman–Crippen LogP) is 3.44.